The second-order valence-corrected chi connectivity index (χ2v) is 6.60. The molecule has 1 saturated heterocycles. The molecule has 3 aromatic rings. The van der Waals surface area contributed by atoms with E-state index in [0.717, 1.165) is 29.8 Å². The lowest BCUT2D eigenvalue weighted by Gasteiger charge is -2.15. The summed E-state index contributed by atoms with van der Waals surface area (Å²) < 4.78 is 11.0. The molecule has 1 fully saturated rings. The van der Waals surface area contributed by atoms with Gasteiger partial charge in [-0.15, -0.1) is 11.3 Å². The smallest absolute Gasteiger partial charge is 0.231 e. The van der Waals surface area contributed by atoms with Gasteiger partial charge in [-0.2, -0.15) is 4.98 Å². The van der Waals surface area contributed by atoms with E-state index in [0.29, 0.717) is 30.8 Å². The molecule has 7 heteroatoms. The Kier molecular flexibility index (Phi) is 4.38. The van der Waals surface area contributed by atoms with Gasteiger partial charge in [-0.25, -0.2) is 4.98 Å². The van der Waals surface area contributed by atoms with Crippen LogP contribution in [0.3, 0.4) is 0 Å². The molecule has 2 unspecified atom stereocenters. The van der Waals surface area contributed by atoms with Gasteiger partial charge in [-0.3, -0.25) is 0 Å². The fraction of sp³-hybridized carbons (Fsp3) is 0.353. The number of nitrogens with zero attached hydrogens (tertiary/aromatic N) is 3. The highest BCUT2D eigenvalue weighted by molar-refractivity contribution is 7.07. The predicted molar refractivity (Wildman–Crippen MR) is 91.6 cm³/mol. The van der Waals surface area contributed by atoms with E-state index in [1.165, 1.54) is 0 Å². The average molecular weight is 342 g/mol. The van der Waals surface area contributed by atoms with Gasteiger partial charge in [-0.1, -0.05) is 23.4 Å². The molecule has 2 N–H and O–H groups in total. The minimum absolute atomic E-state index is 0.0514. The minimum Gasteiger partial charge on any atom is -0.381 e. The highest BCUT2D eigenvalue weighted by Crippen LogP contribution is 2.31. The minimum atomic E-state index is 0.0514. The van der Waals surface area contributed by atoms with E-state index >= 15 is 0 Å². The van der Waals surface area contributed by atoms with Crippen LogP contribution in [0.15, 0.2) is 39.7 Å². The van der Waals surface area contributed by atoms with Crippen LogP contribution in [-0.2, 0) is 4.74 Å². The van der Waals surface area contributed by atoms with Crippen LogP contribution in [0, 0.1) is 5.92 Å². The Morgan fingerprint density at radius 2 is 2.25 bits per heavy atom. The number of aromatic nitrogens is 3. The summed E-state index contributed by atoms with van der Waals surface area (Å²) in [6, 6.07) is 8.00. The third-order valence-corrected chi connectivity index (χ3v) is 4.98. The van der Waals surface area contributed by atoms with Crippen LogP contribution in [0.2, 0.25) is 0 Å². The van der Waals surface area contributed by atoms with Crippen molar-refractivity contribution < 1.29 is 9.26 Å². The predicted octanol–water partition coefficient (Wildman–Crippen LogP) is 2.94. The molecule has 2 aromatic heterocycles. The second kappa shape index (κ2) is 6.80. The van der Waals surface area contributed by atoms with E-state index in [9.17, 15) is 0 Å². The Balaban J connectivity index is 1.61. The summed E-state index contributed by atoms with van der Waals surface area (Å²) in [6.45, 7) is 1.96. The third-order valence-electron chi connectivity index (χ3n) is 4.40. The highest BCUT2D eigenvalue weighted by Gasteiger charge is 2.30. The van der Waals surface area contributed by atoms with Crippen LogP contribution in [0.1, 0.15) is 18.2 Å². The van der Waals surface area contributed by atoms with Crippen LogP contribution in [0.4, 0.5) is 0 Å². The maximum absolute atomic E-state index is 5.93. The molecule has 0 amide bonds. The van der Waals surface area contributed by atoms with Crippen molar-refractivity contribution in [3.8, 4) is 22.6 Å². The normalized spacial score (nSPS) is 18.8. The Labute approximate surface area is 143 Å². The Hall–Kier alpha value is -2.09. The van der Waals surface area contributed by atoms with Crippen molar-refractivity contribution in [1.82, 2.24) is 15.1 Å². The number of thiazole rings is 1. The molecule has 4 rings (SSSR count). The molecule has 1 aromatic carbocycles. The molecule has 6 nitrogen and oxygen atoms in total. The molecule has 124 valence electrons. The summed E-state index contributed by atoms with van der Waals surface area (Å²) in [5, 5.41) is 6.17. The van der Waals surface area contributed by atoms with Gasteiger partial charge in [0.05, 0.1) is 23.7 Å². The summed E-state index contributed by atoms with van der Waals surface area (Å²) in [7, 11) is 0. The summed E-state index contributed by atoms with van der Waals surface area (Å²) in [5.74, 6) is 1.58. The second-order valence-electron chi connectivity index (χ2n) is 5.88. The largest absolute Gasteiger partial charge is 0.381 e. The molecule has 0 spiro atoms. The molecule has 0 bridgehead atoms. The highest BCUT2D eigenvalue weighted by atomic mass is 32.1. The van der Waals surface area contributed by atoms with Gasteiger partial charge in [0.2, 0.25) is 11.7 Å². The number of ether oxygens (including phenoxy) is 1. The van der Waals surface area contributed by atoms with Crippen molar-refractivity contribution in [2.75, 3.05) is 19.8 Å². The summed E-state index contributed by atoms with van der Waals surface area (Å²) >= 11 is 1.57. The molecule has 1 aliphatic rings. The van der Waals surface area contributed by atoms with E-state index in [1.54, 1.807) is 11.3 Å². The first-order valence-corrected chi connectivity index (χ1v) is 8.90. The molecule has 0 saturated carbocycles. The first-order valence-electron chi connectivity index (χ1n) is 7.95. The SMILES string of the molecule is NCC(c1nc(-c2cccc(-c3cscn3)c2)no1)C1CCOC1. The number of hydrogen-bond donors (Lipinski definition) is 1. The summed E-state index contributed by atoms with van der Waals surface area (Å²) in [5.41, 5.74) is 10.7. The van der Waals surface area contributed by atoms with Crippen molar-refractivity contribution in [2.45, 2.75) is 12.3 Å². The van der Waals surface area contributed by atoms with Gasteiger partial charge in [0.1, 0.15) is 0 Å². The Morgan fingerprint density at radius 3 is 3.00 bits per heavy atom. The van der Waals surface area contributed by atoms with Crippen molar-refractivity contribution in [1.29, 1.82) is 0 Å². The molecular formula is C17H18N4O2S. The van der Waals surface area contributed by atoms with Gasteiger partial charge in [0.15, 0.2) is 0 Å². The zero-order chi connectivity index (χ0) is 16.4. The number of benzene rings is 1. The maximum Gasteiger partial charge on any atom is 0.231 e. The number of rotatable bonds is 5. The molecule has 24 heavy (non-hydrogen) atoms. The van der Waals surface area contributed by atoms with E-state index in [4.69, 9.17) is 15.0 Å². The van der Waals surface area contributed by atoms with Crippen LogP contribution in [0.5, 0.6) is 0 Å². The van der Waals surface area contributed by atoms with Gasteiger partial charge in [-0.05, 0) is 18.4 Å². The van der Waals surface area contributed by atoms with Crippen molar-refractivity contribution in [3.63, 3.8) is 0 Å². The molecule has 3 heterocycles. The van der Waals surface area contributed by atoms with E-state index in [1.807, 2.05) is 35.2 Å². The number of nitrogens with two attached hydrogens (primary N) is 1. The van der Waals surface area contributed by atoms with E-state index < -0.39 is 0 Å². The molecule has 1 aliphatic heterocycles. The van der Waals surface area contributed by atoms with Crippen molar-refractivity contribution in [3.05, 3.63) is 41.0 Å². The first kappa shape index (κ1) is 15.4. The average Bonchev–Trinajstić information content (AvgIpc) is 3.38. The first-order chi connectivity index (χ1) is 11.8. The Morgan fingerprint density at radius 1 is 1.33 bits per heavy atom. The fourth-order valence-corrected chi connectivity index (χ4v) is 3.60. The zero-order valence-electron chi connectivity index (χ0n) is 13.1. The molecule has 0 radical (unpaired) electrons. The van der Waals surface area contributed by atoms with Crippen molar-refractivity contribution in [2.24, 2.45) is 11.7 Å². The van der Waals surface area contributed by atoms with Crippen LogP contribution in [-0.4, -0.2) is 34.9 Å². The zero-order valence-corrected chi connectivity index (χ0v) is 13.9. The monoisotopic (exact) mass is 342 g/mol. The van der Waals surface area contributed by atoms with E-state index in [2.05, 4.69) is 15.1 Å². The third kappa shape index (κ3) is 2.98. The summed E-state index contributed by atoms with van der Waals surface area (Å²) in [6.07, 6.45) is 0.985. The fourth-order valence-electron chi connectivity index (χ4n) is 3.04. The van der Waals surface area contributed by atoms with Crippen LogP contribution >= 0.6 is 11.3 Å². The van der Waals surface area contributed by atoms with Gasteiger partial charge in [0, 0.05) is 29.7 Å². The Bertz CT molecular complexity index is 797. The van der Waals surface area contributed by atoms with E-state index in [-0.39, 0.29) is 5.92 Å². The molecular weight excluding hydrogens is 324 g/mol. The quantitative estimate of drug-likeness (QED) is 0.767. The molecule has 0 aliphatic carbocycles. The summed E-state index contributed by atoms with van der Waals surface area (Å²) in [4.78, 5) is 8.93. The van der Waals surface area contributed by atoms with Gasteiger partial charge < -0.3 is 15.0 Å². The molecule has 2 atom stereocenters. The van der Waals surface area contributed by atoms with Crippen LogP contribution < -0.4 is 5.73 Å². The maximum atomic E-state index is 5.93. The van der Waals surface area contributed by atoms with Crippen LogP contribution in [0.25, 0.3) is 22.6 Å². The van der Waals surface area contributed by atoms with Gasteiger partial charge in [0.25, 0.3) is 0 Å². The van der Waals surface area contributed by atoms with Crippen molar-refractivity contribution >= 4 is 11.3 Å². The lowest BCUT2D eigenvalue weighted by molar-refractivity contribution is 0.176. The number of hydrogen-bond acceptors (Lipinski definition) is 7. The standard InChI is InChI=1S/C17H18N4O2S/c18-7-14(13-4-5-22-8-13)17-20-16(21-23-17)12-3-1-2-11(6-12)15-9-24-10-19-15/h1-3,6,9-10,13-14H,4-5,7-8,18H2. The topological polar surface area (TPSA) is 87.1 Å². The lowest BCUT2D eigenvalue weighted by Crippen LogP contribution is -2.22. The lowest BCUT2D eigenvalue weighted by atomic mass is 9.91. The van der Waals surface area contributed by atoms with Gasteiger partial charge >= 0.3 is 0 Å².